The summed E-state index contributed by atoms with van der Waals surface area (Å²) in [5, 5.41) is 16.3. The molecule has 0 saturated carbocycles. The molecule has 0 aliphatic rings. The molecule has 2 aromatic carbocycles. The Morgan fingerprint density at radius 1 is 1.07 bits per heavy atom. The summed E-state index contributed by atoms with van der Waals surface area (Å²) in [5.41, 5.74) is 0.908. The summed E-state index contributed by atoms with van der Waals surface area (Å²) in [7, 11) is 3.20. The number of benzene rings is 2. The lowest BCUT2D eigenvalue weighted by molar-refractivity contribution is 0.110. The average Bonchev–Trinajstić information content (AvgIpc) is 2.75. The molecule has 29 heavy (non-hydrogen) atoms. The molecule has 0 aromatic heterocycles. The van der Waals surface area contributed by atoms with Gasteiger partial charge in [-0.1, -0.05) is 0 Å². The highest BCUT2D eigenvalue weighted by atomic mass is 19.1. The lowest BCUT2D eigenvalue weighted by atomic mass is 10.2. The molecular formula is C21H28FN3O4. The Kier molecular flexibility index (Phi) is 9.04. The van der Waals surface area contributed by atoms with E-state index >= 15 is 0 Å². The van der Waals surface area contributed by atoms with Crippen LogP contribution in [0.25, 0.3) is 0 Å². The van der Waals surface area contributed by atoms with Gasteiger partial charge in [0.05, 0.1) is 20.8 Å². The minimum absolute atomic E-state index is 0.0738. The van der Waals surface area contributed by atoms with Gasteiger partial charge in [0, 0.05) is 24.7 Å². The number of aliphatic hydroxyl groups excluding tert-OH is 1. The van der Waals surface area contributed by atoms with Gasteiger partial charge in [-0.25, -0.2) is 9.38 Å². The fraction of sp³-hybridized carbons (Fsp3) is 0.381. The highest BCUT2D eigenvalue weighted by Gasteiger charge is 2.09. The second-order valence-electron chi connectivity index (χ2n) is 6.17. The van der Waals surface area contributed by atoms with Gasteiger partial charge in [0.2, 0.25) is 0 Å². The van der Waals surface area contributed by atoms with Crippen LogP contribution in [0.1, 0.15) is 12.5 Å². The molecule has 0 aliphatic heterocycles. The molecule has 8 heteroatoms. The fourth-order valence-corrected chi connectivity index (χ4v) is 2.49. The van der Waals surface area contributed by atoms with Crippen molar-refractivity contribution in [2.24, 2.45) is 4.99 Å². The van der Waals surface area contributed by atoms with Crippen LogP contribution in [0.2, 0.25) is 0 Å². The van der Waals surface area contributed by atoms with E-state index in [2.05, 4.69) is 15.6 Å². The Morgan fingerprint density at radius 2 is 1.79 bits per heavy atom. The molecular weight excluding hydrogens is 377 g/mol. The van der Waals surface area contributed by atoms with Crippen LogP contribution in [0.4, 0.5) is 4.39 Å². The summed E-state index contributed by atoms with van der Waals surface area (Å²) >= 11 is 0. The quantitative estimate of drug-likeness (QED) is 0.416. The lowest BCUT2D eigenvalue weighted by Gasteiger charge is -2.16. The molecule has 0 amide bonds. The minimum Gasteiger partial charge on any atom is -0.497 e. The second-order valence-corrected chi connectivity index (χ2v) is 6.17. The number of halogens is 1. The molecule has 158 valence electrons. The second kappa shape index (κ2) is 11.8. The zero-order chi connectivity index (χ0) is 21.1. The monoisotopic (exact) mass is 405 g/mol. The topological polar surface area (TPSA) is 84.3 Å². The maximum Gasteiger partial charge on any atom is 0.191 e. The first-order valence-corrected chi connectivity index (χ1v) is 9.35. The van der Waals surface area contributed by atoms with Gasteiger partial charge in [0.15, 0.2) is 5.96 Å². The number of hydrogen-bond acceptors (Lipinski definition) is 5. The molecule has 3 N–H and O–H groups in total. The van der Waals surface area contributed by atoms with Gasteiger partial charge in [-0.2, -0.15) is 0 Å². The molecule has 0 radical (unpaired) electrons. The molecule has 1 atom stereocenters. The van der Waals surface area contributed by atoms with Gasteiger partial charge in [-0.3, -0.25) is 0 Å². The van der Waals surface area contributed by atoms with Gasteiger partial charge in [0.25, 0.3) is 0 Å². The van der Waals surface area contributed by atoms with Crippen molar-refractivity contribution in [2.75, 3.05) is 33.9 Å². The van der Waals surface area contributed by atoms with Crippen molar-refractivity contribution >= 4 is 5.96 Å². The first kappa shape index (κ1) is 22.3. The molecule has 1 unspecified atom stereocenters. The van der Waals surface area contributed by atoms with Crippen LogP contribution in [-0.2, 0) is 6.54 Å². The molecule has 0 fully saturated rings. The number of nitrogens with zero attached hydrogens (tertiary/aromatic N) is 1. The lowest BCUT2D eigenvalue weighted by Crippen LogP contribution is -2.42. The van der Waals surface area contributed by atoms with E-state index in [4.69, 9.17) is 14.2 Å². The number of ether oxygens (including phenoxy) is 3. The third kappa shape index (κ3) is 7.50. The Balaban J connectivity index is 1.89. The Bertz CT molecular complexity index is 784. The van der Waals surface area contributed by atoms with Crippen molar-refractivity contribution < 1.29 is 23.7 Å². The van der Waals surface area contributed by atoms with E-state index in [1.165, 1.54) is 24.3 Å². The van der Waals surface area contributed by atoms with E-state index in [1.54, 1.807) is 14.2 Å². The van der Waals surface area contributed by atoms with Gasteiger partial charge >= 0.3 is 0 Å². The van der Waals surface area contributed by atoms with E-state index in [-0.39, 0.29) is 19.0 Å². The van der Waals surface area contributed by atoms with Crippen molar-refractivity contribution in [3.8, 4) is 17.2 Å². The first-order valence-electron chi connectivity index (χ1n) is 9.35. The van der Waals surface area contributed by atoms with E-state index in [0.29, 0.717) is 36.3 Å². The molecule has 0 saturated heterocycles. The number of methoxy groups -OCH3 is 2. The molecule has 2 aromatic rings. The van der Waals surface area contributed by atoms with Crippen LogP contribution in [-0.4, -0.2) is 51.1 Å². The Hall–Kier alpha value is -3.00. The summed E-state index contributed by atoms with van der Waals surface area (Å²) in [6.45, 7) is 3.34. The third-order valence-electron chi connectivity index (χ3n) is 4.01. The highest BCUT2D eigenvalue weighted by molar-refractivity contribution is 5.79. The Morgan fingerprint density at radius 3 is 2.45 bits per heavy atom. The first-order chi connectivity index (χ1) is 14.0. The zero-order valence-electron chi connectivity index (χ0n) is 16.9. The smallest absolute Gasteiger partial charge is 0.191 e. The summed E-state index contributed by atoms with van der Waals surface area (Å²) < 4.78 is 28.9. The summed E-state index contributed by atoms with van der Waals surface area (Å²) in [5.74, 6) is 2.13. The normalized spacial score (nSPS) is 12.2. The Labute approximate surface area is 170 Å². The van der Waals surface area contributed by atoms with E-state index in [9.17, 15) is 9.50 Å². The molecule has 7 nitrogen and oxygen atoms in total. The fourth-order valence-electron chi connectivity index (χ4n) is 2.49. The number of aliphatic hydroxyl groups is 1. The highest BCUT2D eigenvalue weighted by Crippen LogP contribution is 2.25. The maximum absolute atomic E-state index is 12.9. The molecule has 0 spiro atoms. The van der Waals surface area contributed by atoms with Crippen LogP contribution in [0.15, 0.2) is 47.5 Å². The van der Waals surface area contributed by atoms with Gasteiger partial charge < -0.3 is 30.0 Å². The number of hydrogen-bond donors (Lipinski definition) is 3. The summed E-state index contributed by atoms with van der Waals surface area (Å²) in [6, 6.07) is 11.2. The predicted octanol–water partition coefficient (Wildman–Crippen LogP) is 2.34. The van der Waals surface area contributed by atoms with Crippen molar-refractivity contribution in [2.45, 2.75) is 19.6 Å². The van der Waals surface area contributed by atoms with Crippen LogP contribution in [0.3, 0.4) is 0 Å². The van der Waals surface area contributed by atoms with Gasteiger partial charge in [-0.15, -0.1) is 0 Å². The van der Waals surface area contributed by atoms with Crippen LogP contribution >= 0.6 is 0 Å². The van der Waals surface area contributed by atoms with Crippen molar-refractivity contribution in [3.63, 3.8) is 0 Å². The zero-order valence-corrected chi connectivity index (χ0v) is 16.9. The van der Waals surface area contributed by atoms with Crippen LogP contribution in [0, 0.1) is 5.82 Å². The number of rotatable bonds is 10. The number of aliphatic imine (C=N–C) groups is 1. The van der Waals surface area contributed by atoms with E-state index in [0.717, 1.165) is 5.56 Å². The van der Waals surface area contributed by atoms with Crippen LogP contribution in [0.5, 0.6) is 17.2 Å². The summed E-state index contributed by atoms with van der Waals surface area (Å²) in [4.78, 5) is 4.53. The molecule has 2 rings (SSSR count). The van der Waals surface area contributed by atoms with Gasteiger partial charge in [0.1, 0.15) is 35.8 Å². The van der Waals surface area contributed by atoms with Crippen molar-refractivity contribution in [1.82, 2.24) is 10.6 Å². The number of guanidine groups is 1. The number of nitrogens with one attached hydrogen (secondary N) is 2. The third-order valence-corrected chi connectivity index (χ3v) is 4.01. The largest absolute Gasteiger partial charge is 0.497 e. The summed E-state index contributed by atoms with van der Waals surface area (Å²) in [6.07, 6.45) is -0.764. The van der Waals surface area contributed by atoms with Crippen molar-refractivity contribution in [3.05, 3.63) is 53.8 Å². The SMILES string of the molecule is CCNC(=NCc1ccc(OC)cc1OC)NCC(O)COc1ccc(F)cc1. The molecule has 0 aliphatic carbocycles. The minimum atomic E-state index is -0.764. The van der Waals surface area contributed by atoms with Gasteiger partial charge in [-0.05, 0) is 43.3 Å². The van der Waals surface area contributed by atoms with E-state index in [1.807, 2.05) is 25.1 Å². The molecule has 0 bridgehead atoms. The molecule has 0 heterocycles. The van der Waals surface area contributed by atoms with Crippen molar-refractivity contribution in [1.29, 1.82) is 0 Å². The predicted molar refractivity (Wildman–Crippen MR) is 110 cm³/mol. The van der Waals surface area contributed by atoms with Crippen LogP contribution < -0.4 is 24.8 Å². The van der Waals surface area contributed by atoms with E-state index < -0.39 is 6.10 Å². The standard InChI is InChI=1S/C21H28FN3O4/c1-4-23-21(24-12-15-5-8-19(27-2)11-20(15)28-3)25-13-17(26)14-29-18-9-6-16(22)7-10-18/h5-11,17,26H,4,12-14H2,1-3H3,(H2,23,24,25). The average molecular weight is 405 g/mol. The maximum atomic E-state index is 12.9.